The number of benzene rings is 2. The average molecular weight is 960 g/mol. The SMILES string of the molecule is Cc1cc(N)nc(C)n1.[2H]C([2H])([2H])NC(=O)c1cnc(Cl)cc1Nc1cccc(-c2cnn(C)c2)c1OC.[2H]C([2H])([2H])NC(=O)c1cnc(Nc2cc(C)nc(C)n2)cc1Nc1cccc(-c2cnn(C)c2)c1OC. The number of nitrogens with one attached hydrogen (secondary N) is 5. The lowest BCUT2D eigenvalue weighted by molar-refractivity contribution is 0.0955. The van der Waals surface area contributed by atoms with Crippen LogP contribution in [0.4, 0.5) is 40.2 Å². The number of rotatable bonds is 12. The third kappa shape index (κ3) is 12.8. The Morgan fingerprint density at radius 3 is 1.59 bits per heavy atom. The van der Waals surface area contributed by atoms with Gasteiger partial charge in [0.1, 0.15) is 45.8 Å². The summed E-state index contributed by atoms with van der Waals surface area (Å²) >= 11 is 5.99. The van der Waals surface area contributed by atoms with E-state index in [0.717, 1.165) is 39.5 Å². The first-order valence-corrected chi connectivity index (χ1v) is 21.1. The Balaban J connectivity index is 0.000000213. The average Bonchev–Trinajstić information content (AvgIpc) is 3.95. The summed E-state index contributed by atoms with van der Waals surface area (Å²) in [7, 11) is 6.71. The van der Waals surface area contributed by atoms with Gasteiger partial charge in [0, 0.05) is 113 Å². The number of aromatic nitrogens is 10. The summed E-state index contributed by atoms with van der Waals surface area (Å²) in [6, 6.07) is 17.5. The van der Waals surface area contributed by atoms with Crippen LogP contribution in [0.1, 0.15) is 52.0 Å². The second-order valence-corrected chi connectivity index (χ2v) is 15.3. The van der Waals surface area contributed by atoms with Gasteiger partial charge >= 0.3 is 0 Å². The van der Waals surface area contributed by atoms with Crippen LogP contribution in [0.2, 0.25) is 5.15 Å². The van der Waals surface area contributed by atoms with Crippen molar-refractivity contribution < 1.29 is 27.3 Å². The van der Waals surface area contributed by atoms with Crippen LogP contribution >= 0.6 is 11.6 Å². The molecular formula is C48H53ClN16O4. The lowest BCUT2D eigenvalue weighted by atomic mass is 10.1. The van der Waals surface area contributed by atoms with Crippen molar-refractivity contribution in [2.45, 2.75) is 27.7 Å². The summed E-state index contributed by atoms with van der Waals surface area (Å²) in [5.74, 6) is 2.20. The molecule has 0 saturated heterocycles. The second-order valence-electron chi connectivity index (χ2n) is 15.0. The maximum atomic E-state index is 12.8. The van der Waals surface area contributed by atoms with Gasteiger partial charge in [-0.1, -0.05) is 35.9 Å². The van der Waals surface area contributed by atoms with Crippen molar-refractivity contribution in [3.8, 4) is 33.8 Å². The molecule has 8 aromatic rings. The Morgan fingerprint density at radius 2 is 1.13 bits per heavy atom. The number of halogens is 1. The number of pyridine rings is 2. The highest BCUT2D eigenvalue weighted by Gasteiger charge is 2.19. The van der Waals surface area contributed by atoms with Crippen LogP contribution in [0, 0.1) is 27.7 Å². The van der Waals surface area contributed by atoms with E-state index in [4.69, 9.17) is 35.0 Å². The van der Waals surface area contributed by atoms with Crippen molar-refractivity contribution >= 4 is 63.6 Å². The van der Waals surface area contributed by atoms with E-state index in [1.165, 1.54) is 25.6 Å². The number of carbonyl (C=O) groups excluding carboxylic acids is 2. The summed E-state index contributed by atoms with van der Waals surface area (Å²) in [6.45, 7) is 2.05. The Hall–Kier alpha value is -8.65. The molecule has 0 aliphatic heterocycles. The number of nitrogens with zero attached hydrogens (tertiary/aromatic N) is 10. The number of para-hydroxylation sites is 2. The quantitative estimate of drug-likeness (QED) is 0.0643. The largest absolute Gasteiger partial charge is 0.494 e. The minimum Gasteiger partial charge on any atom is -0.494 e. The molecule has 69 heavy (non-hydrogen) atoms. The number of nitrogen functional groups attached to an aromatic ring is 1. The zero-order chi connectivity index (χ0) is 54.8. The standard InChI is InChI=1S/C24H26N8O2.C18H18ClN5O2.C6H9N3/c1-14-9-22(29-15(2)28-14)31-21-10-20(18(12-26-21)24(33)25-3)30-19-8-6-7-17(23(19)34-5)16-11-27-32(4)13-16;1-20-18(25)13-9-21-16(19)7-15(13)23-14-6-4-5-12(17(14)26-3)11-8-22-24(2)10-11;1-4-3-6(7)9-5(2)8-4/h6-13H,1-5H3,(H,25,33)(H2,26,28,29,30,31);4-10H,1-3H3,(H,20,25)(H,21,23);3H,1-2H3,(H2,7,8,9)/i3D3;1D3;. The Kier molecular flexibility index (Phi) is 13.7. The first-order valence-electron chi connectivity index (χ1n) is 23.7. The number of hydrogen-bond donors (Lipinski definition) is 6. The van der Waals surface area contributed by atoms with Gasteiger partial charge in [-0.15, -0.1) is 0 Å². The van der Waals surface area contributed by atoms with Gasteiger partial charge in [0.15, 0.2) is 0 Å². The molecule has 0 aliphatic carbocycles. The van der Waals surface area contributed by atoms with Crippen LogP contribution in [0.3, 0.4) is 0 Å². The van der Waals surface area contributed by atoms with Gasteiger partial charge in [0.05, 0.1) is 60.5 Å². The highest BCUT2D eigenvalue weighted by Crippen LogP contribution is 2.40. The molecule has 2 amide bonds. The van der Waals surface area contributed by atoms with Crippen molar-refractivity contribution in [1.82, 2.24) is 60.1 Å². The number of aryl methyl sites for hydroxylation is 6. The number of methoxy groups -OCH3 is 2. The van der Waals surface area contributed by atoms with Crippen LogP contribution in [-0.4, -0.2) is 89.5 Å². The maximum Gasteiger partial charge on any atom is 0.254 e. The molecule has 356 valence electrons. The van der Waals surface area contributed by atoms with Crippen molar-refractivity contribution in [2.24, 2.45) is 14.1 Å². The Bertz CT molecular complexity index is 3260. The lowest BCUT2D eigenvalue weighted by Gasteiger charge is -2.17. The smallest absolute Gasteiger partial charge is 0.254 e. The number of carbonyl (C=O) groups is 2. The van der Waals surface area contributed by atoms with Crippen LogP contribution in [0.15, 0.2) is 97.8 Å². The van der Waals surface area contributed by atoms with E-state index in [0.29, 0.717) is 51.8 Å². The number of nitrogens with two attached hydrogens (primary N) is 1. The molecule has 0 radical (unpaired) electrons. The molecule has 6 aromatic heterocycles. The van der Waals surface area contributed by atoms with Crippen molar-refractivity contribution in [3.05, 3.63) is 137 Å². The van der Waals surface area contributed by atoms with Gasteiger partial charge in [-0.05, 0) is 45.9 Å². The molecule has 0 saturated carbocycles. The predicted molar refractivity (Wildman–Crippen MR) is 268 cm³/mol. The van der Waals surface area contributed by atoms with E-state index in [1.54, 1.807) is 66.1 Å². The van der Waals surface area contributed by atoms with Gasteiger partial charge in [0.25, 0.3) is 11.8 Å². The summed E-state index contributed by atoms with van der Waals surface area (Å²) in [5, 5.41) is 21.9. The molecule has 7 N–H and O–H groups in total. The van der Waals surface area contributed by atoms with E-state index in [2.05, 4.69) is 56.1 Å². The monoisotopic (exact) mass is 958 g/mol. The molecular weight excluding hydrogens is 900 g/mol. The first kappa shape index (κ1) is 41.8. The van der Waals surface area contributed by atoms with E-state index in [1.807, 2.05) is 82.2 Å². The zero-order valence-corrected chi connectivity index (χ0v) is 39.6. The molecule has 2 aromatic carbocycles. The minimum atomic E-state index is -2.67. The topological polar surface area (TPSA) is 252 Å². The maximum absolute atomic E-state index is 12.8. The molecule has 6 heterocycles. The third-order valence-electron chi connectivity index (χ3n) is 9.71. The van der Waals surface area contributed by atoms with Crippen LogP contribution in [0.5, 0.6) is 11.5 Å². The summed E-state index contributed by atoms with van der Waals surface area (Å²) < 4.78 is 58.7. The van der Waals surface area contributed by atoms with E-state index >= 15 is 0 Å². The highest BCUT2D eigenvalue weighted by atomic mass is 35.5. The minimum absolute atomic E-state index is 0.0272. The second kappa shape index (κ2) is 22.7. The predicted octanol–water partition coefficient (Wildman–Crippen LogP) is 7.67. The van der Waals surface area contributed by atoms with E-state index < -0.39 is 25.8 Å². The van der Waals surface area contributed by atoms with Crippen LogP contribution in [-0.2, 0) is 14.1 Å². The molecule has 0 bridgehead atoms. The summed E-state index contributed by atoms with van der Waals surface area (Å²) in [6.07, 6.45) is 9.64. The summed E-state index contributed by atoms with van der Waals surface area (Å²) in [4.78, 5) is 50.0. The molecule has 20 nitrogen and oxygen atoms in total. The van der Waals surface area contributed by atoms with Gasteiger partial charge in [-0.2, -0.15) is 10.2 Å². The molecule has 21 heteroatoms. The zero-order valence-electron chi connectivity index (χ0n) is 44.8. The van der Waals surface area contributed by atoms with Crippen molar-refractivity contribution in [3.63, 3.8) is 0 Å². The Labute approximate surface area is 412 Å². The number of ether oxygens (including phenoxy) is 2. The molecule has 0 fully saturated rings. The van der Waals surface area contributed by atoms with Gasteiger partial charge in [-0.3, -0.25) is 19.0 Å². The number of anilines is 7. The Morgan fingerprint density at radius 1 is 0.623 bits per heavy atom. The van der Waals surface area contributed by atoms with Gasteiger partial charge < -0.3 is 41.8 Å². The van der Waals surface area contributed by atoms with E-state index in [-0.39, 0.29) is 22.0 Å². The molecule has 0 spiro atoms. The normalized spacial score (nSPS) is 12.1. The molecule has 0 aliphatic rings. The fourth-order valence-corrected chi connectivity index (χ4v) is 7.05. The highest BCUT2D eigenvalue weighted by molar-refractivity contribution is 6.29. The van der Waals surface area contributed by atoms with Gasteiger partial charge in [-0.25, -0.2) is 29.9 Å². The molecule has 0 unspecified atom stereocenters. The first-order chi connectivity index (χ1) is 35.4. The lowest BCUT2D eigenvalue weighted by Crippen LogP contribution is -2.19. The van der Waals surface area contributed by atoms with E-state index in [9.17, 15) is 9.59 Å². The van der Waals surface area contributed by atoms with Crippen molar-refractivity contribution in [2.75, 3.05) is 49.9 Å². The number of hydrogen-bond acceptors (Lipinski definition) is 16. The van der Waals surface area contributed by atoms with Gasteiger partial charge in [0.2, 0.25) is 0 Å². The van der Waals surface area contributed by atoms with Crippen LogP contribution in [0.25, 0.3) is 22.3 Å². The third-order valence-corrected chi connectivity index (χ3v) is 9.91. The number of amides is 2. The fraction of sp³-hybridized carbons (Fsp3) is 0.208. The van der Waals surface area contributed by atoms with Crippen molar-refractivity contribution in [1.29, 1.82) is 0 Å². The molecule has 8 rings (SSSR count). The molecule has 0 atom stereocenters. The van der Waals surface area contributed by atoms with Crippen LogP contribution < -0.4 is 41.8 Å². The fourth-order valence-electron chi connectivity index (χ4n) is 6.89. The summed E-state index contributed by atoms with van der Waals surface area (Å²) in [5.41, 5.74) is 12.1.